The lowest BCUT2D eigenvalue weighted by Crippen LogP contribution is -2.10. The predicted octanol–water partition coefficient (Wildman–Crippen LogP) is 4.33. The van der Waals surface area contributed by atoms with Gasteiger partial charge in [-0.2, -0.15) is 0 Å². The number of nitrogens with one attached hydrogen (secondary N) is 1. The van der Waals surface area contributed by atoms with Crippen LogP contribution < -0.4 is 0 Å². The van der Waals surface area contributed by atoms with E-state index in [1.165, 1.54) is 18.9 Å². The minimum atomic E-state index is -0.660. The number of esters is 1. The van der Waals surface area contributed by atoms with Crippen molar-refractivity contribution in [3.8, 4) is 0 Å². The van der Waals surface area contributed by atoms with Gasteiger partial charge in [-0.3, -0.25) is 0 Å². The fourth-order valence-electron chi connectivity index (χ4n) is 3.20. The Morgan fingerprint density at radius 1 is 1.20 bits per heavy atom. The Morgan fingerprint density at radius 2 is 1.93 bits per heavy atom. The standard InChI is InChI=1S/C22H20N4O3S/c1-3-12-26-17-11-7-6-10-16(17)25-22(26)30-13-18(27)19(21(28)29-2)20-23-14-8-4-5-9-15(14)24-20/h3-11,27H,1,12-13H2,2H3,(H,23,24)/b19-18+. The lowest BCUT2D eigenvalue weighted by atomic mass is 10.2. The zero-order valence-corrected chi connectivity index (χ0v) is 17.1. The van der Waals surface area contributed by atoms with E-state index >= 15 is 0 Å². The number of H-pyrrole nitrogens is 1. The summed E-state index contributed by atoms with van der Waals surface area (Å²) in [5.74, 6) is -0.405. The van der Waals surface area contributed by atoms with E-state index in [-0.39, 0.29) is 22.9 Å². The molecule has 0 bridgehead atoms. The van der Waals surface area contributed by atoms with Gasteiger partial charge in [0.1, 0.15) is 17.2 Å². The SMILES string of the molecule is C=CCn1c(SC/C(O)=C(\C(=O)OC)c2nc3ccccc3[nH]2)nc2ccccc21. The van der Waals surface area contributed by atoms with Gasteiger partial charge < -0.3 is 19.4 Å². The van der Waals surface area contributed by atoms with Crippen LogP contribution in [0.5, 0.6) is 0 Å². The quantitative estimate of drug-likeness (QED) is 0.152. The molecule has 2 N–H and O–H groups in total. The number of imidazole rings is 2. The van der Waals surface area contributed by atoms with Crippen LogP contribution in [0.15, 0.2) is 72.1 Å². The number of hydrogen-bond donors (Lipinski definition) is 2. The number of hydrogen-bond acceptors (Lipinski definition) is 6. The first-order valence-corrected chi connectivity index (χ1v) is 10.3. The van der Waals surface area contributed by atoms with Gasteiger partial charge in [-0.05, 0) is 24.3 Å². The maximum atomic E-state index is 12.4. The largest absolute Gasteiger partial charge is 0.510 e. The molecule has 7 nitrogen and oxygen atoms in total. The molecule has 0 aliphatic carbocycles. The molecule has 8 heteroatoms. The highest BCUT2D eigenvalue weighted by Crippen LogP contribution is 2.28. The lowest BCUT2D eigenvalue weighted by molar-refractivity contribution is -0.133. The molecule has 0 spiro atoms. The molecule has 0 saturated heterocycles. The van der Waals surface area contributed by atoms with Crippen LogP contribution in [-0.4, -0.2) is 43.5 Å². The number of aliphatic hydroxyl groups excluding tert-OH is 1. The second-order valence-corrected chi connectivity index (χ2v) is 7.43. The van der Waals surface area contributed by atoms with Crippen LogP contribution in [-0.2, 0) is 16.1 Å². The molecule has 0 fully saturated rings. The number of methoxy groups -OCH3 is 1. The first-order chi connectivity index (χ1) is 14.6. The Bertz CT molecular complexity index is 1240. The molecule has 0 radical (unpaired) electrons. The van der Waals surface area contributed by atoms with Gasteiger partial charge in [0.15, 0.2) is 5.16 Å². The second kappa shape index (κ2) is 8.46. The summed E-state index contributed by atoms with van der Waals surface area (Å²) in [6.07, 6.45) is 1.79. The molecular formula is C22H20N4O3S. The molecule has 0 aliphatic rings. The summed E-state index contributed by atoms with van der Waals surface area (Å²) in [6, 6.07) is 15.2. The highest BCUT2D eigenvalue weighted by molar-refractivity contribution is 7.99. The smallest absolute Gasteiger partial charge is 0.345 e. The second-order valence-electron chi connectivity index (χ2n) is 6.49. The summed E-state index contributed by atoms with van der Waals surface area (Å²) < 4.78 is 6.90. The van der Waals surface area contributed by atoms with Crippen molar-refractivity contribution in [2.45, 2.75) is 11.7 Å². The molecular weight excluding hydrogens is 400 g/mol. The molecule has 2 aromatic carbocycles. The minimum Gasteiger partial charge on any atom is -0.510 e. The first kappa shape index (κ1) is 19.8. The van der Waals surface area contributed by atoms with E-state index in [0.717, 1.165) is 21.7 Å². The third-order valence-electron chi connectivity index (χ3n) is 4.57. The van der Waals surface area contributed by atoms with Crippen LogP contribution in [0.3, 0.4) is 0 Å². The lowest BCUT2D eigenvalue weighted by Gasteiger charge is -2.08. The van der Waals surface area contributed by atoms with Gasteiger partial charge in [0.05, 0.1) is 34.9 Å². The zero-order chi connectivity index (χ0) is 21.1. The monoisotopic (exact) mass is 420 g/mol. The zero-order valence-electron chi connectivity index (χ0n) is 16.3. The molecule has 0 atom stereocenters. The third kappa shape index (κ3) is 3.69. The van der Waals surface area contributed by atoms with E-state index in [4.69, 9.17) is 4.74 Å². The van der Waals surface area contributed by atoms with Gasteiger partial charge >= 0.3 is 5.97 Å². The Balaban J connectivity index is 1.69. The van der Waals surface area contributed by atoms with Gasteiger partial charge in [-0.1, -0.05) is 42.1 Å². The Morgan fingerprint density at radius 3 is 2.67 bits per heavy atom. The Hall–Kier alpha value is -3.52. The predicted molar refractivity (Wildman–Crippen MR) is 118 cm³/mol. The van der Waals surface area contributed by atoms with E-state index in [2.05, 4.69) is 21.5 Å². The van der Waals surface area contributed by atoms with Gasteiger partial charge in [-0.15, -0.1) is 6.58 Å². The fourth-order valence-corrected chi connectivity index (χ4v) is 4.10. The highest BCUT2D eigenvalue weighted by Gasteiger charge is 2.23. The molecule has 2 heterocycles. The summed E-state index contributed by atoms with van der Waals surface area (Å²) in [7, 11) is 1.27. The normalized spacial score (nSPS) is 12.2. The van der Waals surface area contributed by atoms with Crippen molar-refractivity contribution in [2.24, 2.45) is 0 Å². The van der Waals surface area contributed by atoms with E-state index < -0.39 is 5.97 Å². The number of thioether (sulfide) groups is 1. The topological polar surface area (TPSA) is 93.0 Å². The molecule has 4 rings (SSSR count). The number of nitrogens with zero attached hydrogens (tertiary/aromatic N) is 3. The van der Waals surface area contributed by atoms with Crippen LogP contribution in [0, 0.1) is 0 Å². The van der Waals surface area contributed by atoms with Crippen molar-refractivity contribution < 1.29 is 14.6 Å². The number of para-hydroxylation sites is 4. The maximum Gasteiger partial charge on any atom is 0.345 e. The van der Waals surface area contributed by atoms with E-state index in [0.29, 0.717) is 12.1 Å². The molecule has 0 saturated carbocycles. The van der Waals surface area contributed by atoms with Crippen molar-refractivity contribution >= 4 is 45.4 Å². The molecule has 0 amide bonds. The number of rotatable bonds is 7. The number of aromatic nitrogens is 4. The average molecular weight is 420 g/mol. The summed E-state index contributed by atoms with van der Waals surface area (Å²) in [5, 5.41) is 11.5. The number of ether oxygens (including phenoxy) is 1. The summed E-state index contributed by atoms with van der Waals surface area (Å²) in [4.78, 5) is 24.5. The maximum absolute atomic E-state index is 12.4. The first-order valence-electron chi connectivity index (χ1n) is 9.27. The number of benzene rings is 2. The molecule has 4 aromatic rings. The van der Waals surface area contributed by atoms with Crippen molar-refractivity contribution in [1.82, 2.24) is 19.5 Å². The number of aromatic amines is 1. The van der Waals surface area contributed by atoms with Crippen molar-refractivity contribution in [1.29, 1.82) is 0 Å². The van der Waals surface area contributed by atoms with Crippen molar-refractivity contribution in [2.75, 3.05) is 12.9 Å². The van der Waals surface area contributed by atoms with Crippen LogP contribution in [0.4, 0.5) is 0 Å². The van der Waals surface area contributed by atoms with Crippen LogP contribution in [0.2, 0.25) is 0 Å². The van der Waals surface area contributed by atoms with Crippen LogP contribution in [0.25, 0.3) is 27.6 Å². The molecule has 0 unspecified atom stereocenters. The van der Waals surface area contributed by atoms with Gasteiger partial charge in [0.25, 0.3) is 0 Å². The van der Waals surface area contributed by atoms with Gasteiger partial charge in [0.2, 0.25) is 0 Å². The molecule has 30 heavy (non-hydrogen) atoms. The van der Waals surface area contributed by atoms with E-state index in [9.17, 15) is 9.90 Å². The highest BCUT2D eigenvalue weighted by atomic mass is 32.2. The molecule has 2 aromatic heterocycles. The number of carbonyl (C=O) groups is 1. The van der Waals surface area contributed by atoms with Gasteiger partial charge in [0, 0.05) is 6.54 Å². The molecule has 152 valence electrons. The van der Waals surface area contributed by atoms with E-state index in [1.807, 2.05) is 53.1 Å². The van der Waals surface area contributed by atoms with Crippen molar-refractivity contribution in [3.05, 3.63) is 72.8 Å². The third-order valence-corrected chi connectivity index (χ3v) is 5.56. The number of carbonyl (C=O) groups excluding carboxylic acids is 1. The van der Waals surface area contributed by atoms with Gasteiger partial charge in [-0.25, -0.2) is 14.8 Å². The number of aliphatic hydroxyl groups is 1. The fraction of sp³-hybridized carbons (Fsp3) is 0.136. The Labute approximate surface area is 177 Å². The molecule has 0 aliphatic heterocycles. The summed E-state index contributed by atoms with van der Waals surface area (Å²) >= 11 is 1.33. The summed E-state index contributed by atoms with van der Waals surface area (Å²) in [5.41, 5.74) is 3.31. The summed E-state index contributed by atoms with van der Waals surface area (Å²) in [6.45, 7) is 4.40. The minimum absolute atomic E-state index is 0.00702. The van der Waals surface area contributed by atoms with Crippen LogP contribution >= 0.6 is 11.8 Å². The Kier molecular flexibility index (Phi) is 5.58. The number of fused-ring (bicyclic) bond motifs is 2. The van der Waals surface area contributed by atoms with E-state index in [1.54, 1.807) is 6.08 Å². The average Bonchev–Trinajstić information content (AvgIpc) is 3.34. The number of allylic oxidation sites excluding steroid dienone is 1. The van der Waals surface area contributed by atoms with Crippen LogP contribution in [0.1, 0.15) is 5.82 Å². The van der Waals surface area contributed by atoms with Crippen molar-refractivity contribution in [3.63, 3.8) is 0 Å².